The van der Waals surface area contributed by atoms with E-state index in [-0.39, 0.29) is 0 Å². The molecule has 90 valence electrons. The number of ether oxygens (including phenoxy) is 2. The van der Waals surface area contributed by atoms with Gasteiger partial charge in [0.05, 0.1) is 0 Å². The van der Waals surface area contributed by atoms with E-state index in [1.165, 1.54) is 6.07 Å². The molecule has 5 N–H and O–H groups in total. The van der Waals surface area contributed by atoms with Crippen LogP contribution in [0.1, 0.15) is 0 Å². The van der Waals surface area contributed by atoms with Gasteiger partial charge < -0.3 is 20.3 Å². The van der Waals surface area contributed by atoms with Gasteiger partial charge in [-0.25, -0.2) is 10.2 Å². The molecule has 0 spiro atoms. The fourth-order valence-electron chi connectivity index (χ4n) is 1.25. The molecule has 1 aromatic rings. The molecule has 17 heavy (non-hydrogen) atoms. The smallest absolute Gasteiger partial charge is 0.423 e. The first-order valence-electron chi connectivity index (χ1n) is 4.58. The molecule has 0 aliphatic carbocycles. The van der Waals surface area contributed by atoms with Gasteiger partial charge in [0.25, 0.3) is 0 Å². The second-order valence-corrected chi connectivity index (χ2v) is 3.19. The molecule has 0 radical (unpaired) electrons. The fourth-order valence-corrected chi connectivity index (χ4v) is 1.25. The number of anilines is 1. The lowest BCUT2D eigenvalue weighted by Crippen LogP contribution is -2.48. The number of benzene rings is 1. The van der Waals surface area contributed by atoms with Crippen molar-refractivity contribution >= 4 is 17.7 Å². The van der Waals surface area contributed by atoms with Crippen LogP contribution in [0.4, 0.5) is 10.5 Å². The number of nitrogens with two attached hydrogens (primary N) is 1. The van der Waals surface area contributed by atoms with E-state index in [1.54, 1.807) is 17.6 Å². The number of hydrazine groups is 1. The molecule has 1 atom stereocenters. The summed E-state index contributed by atoms with van der Waals surface area (Å²) in [4.78, 5) is 21.5. The van der Waals surface area contributed by atoms with Crippen molar-refractivity contribution in [3.8, 4) is 11.5 Å². The molecule has 1 aromatic carbocycles. The Balaban J connectivity index is 2.00. The molecule has 1 aliphatic rings. The summed E-state index contributed by atoms with van der Waals surface area (Å²) < 4.78 is 10.3. The molecule has 8 heteroatoms. The number of nitrogen functional groups attached to an aromatic ring is 1. The number of carbonyl (C=O) groups excluding carboxylic acids is 1. The maximum atomic E-state index is 11.4. The Labute approximate surface area is 95.3 Å². The van der Waals surface area contributed by atoms with Crippen LogP contribution in [-0.4, -0.2) is 23.4 Å². The highest BCUT2D eigenvalue weighted by atomic mass is 16.7. The Kier molecular flexibility index (Phi) is 2.61. The lowest BCUT2D eigenvalue weighted by atomic mass is 10.3. The number of carboxylic acid groups (broad SMARTS) is 1. The number of amides is 2. The van der Waals surface area contributed by atoms with E-state index in [2.05, 4.69) is 0 Å². The average molecular weight is 239 g/mol. The van der Waals surface area contributed by atoms with E-state index in [9.17, 15) is 9.59 Å². The molecule has 0 aromatic heterocycles. The number of hydrogen-bond acceptors (Lipinski definition) is 5. The van der Waals surface area contributed by atoms with Gasteiger partial charge in [0.15, 0.2) is 11.5 Å². The van der Waals surface area contributed by atoms with Crippen LogP contribution in [0.25, 0.3) is 0 Å². The van der Waals surface area contributed by atoms with Crippen LogP contribution in [0.15, 0.2) is 18.2 Å². The molecule has 1 heterocycles. The first kappa shape index (κ1) is 10.9. The second-order valence-electron chi connectivity index (χ2n) is 3.19. The van der Waals surface area contributed by atoms with Crippen LogP contribution in [0.5, 0.6) is 11.5 Å². The summed E-state index contributed by atoms with van der Waals surface area (Å²) >= 11 is 0. The minimum atomic E-state index is -1.39. The molecule has 8 nitrogen and oxygen atoms in total. The van der Waals surface area contributed by atoms with Gasteiger partial charge >= 0.3 is 18.3 Å². The molecule has 0 saturated carbocycles. The van der Waals surface area contributed by atoms with Crippen molar-refractivity contribution in [2.45, 2.75) is 6.29 Å². The Morgan fingerprint density at radius 2 is 1.94 bits per heavy atom. The zero-order valence-electron chi connectivity index (χ0n) is 8.47. The zero-order chi connectivity index (χ0) is 12.4. The Bertz CT molecular complexity index is 476. The third kappa shape index (κ3) is 2.30. The predicted molar refractivity (Wildman–Crippen MR) is 55.2 cm³/mol. The van der Waals surface area contributed by atoms with Crippen LogP contribution in [0.2, 0.25) is 0 Å². The van der Waals surface area contributed by atoms with E-state index in [0.717, 1.165) is 0 Å². The summed E-state index contributed by atoms with van der Waals surface area (Å²) in [5.41, 5.74) is 9.59. The summed E-state index contributed by atoms with van der Waals surface area (Å²) in [5, 5.41) is 8.29. The minimum absolute atomic E-state index is 0.334. The summed E-state index contributed by atoms with van der Waals surface area (Å²) in [5.74, 6) is -0.0580. The fraction of sp³-hybridized carbons (Fsp3) is 0.111. The van der Waals surface area contributed by atoms with Crippen molar-refractivity contribution in [2.24, 2.45) is 0 Å². The van der Waals surface area contributed by atoms with Gasteiger partial charge in [-0.3, -0.25) is 10.2 Å². The summed E-state index contributed by atoms with van der Waals surface area (Å²) in [6.07, 6.45) is -2.63. The van der Waals surface area contributed by atoms with Crippen molar-refractivity contribution in [2.75, 3.05) is 5.73 Å². The van der Waals surface area contributed by atoms with Crippen LogP contribution < -0.4 is 26.1 Å². The maximum absolute atomic E-state index is 11.4. The first-order chi connectivity index (χ1) is 8.06. The van der Waals surface area contributed by atoms with Crippen LogP contribution >= 0.6 is 0 Å². The molecule has 0 bridgehead atoms. The van der Waals surface area contributed by atoms with Gasteiger partial charge in [-0.15, -0.1) is 0 Å². The number of hydrogen-bond donors (Lipinski definition) is 4. The highest BCUT2D eigenvalue weighted by Crippen LogP contribution is 2.35. The van der Waals surface area contributed by atoms with Gasteiger partial charge in [0.2, 0.25) is 0 Å². The summed E-state index contributed by atoms with van der Waals surface area (Å²) in [6, 6.07) is 4.66. The van der Waals surface area contributed by atoms with Gasteiger partial charge in [0, 0.05) is 11.8 Å². The van der Waals surface area contributed by atoms with E-state index in [1.807, 2.05) is 5.43 Å². The largest absolute Gasteiger partial charge is 0.464 e. The second kappa shape index (κ2) is 4.08. The van der Waals surface area contributed by atoms with Crippen molar-refractivity contribution < 1.29 is 24.2 Å². The van der Waals surface area contributed by atoms with Crippen molar-refractivity contribution in [1.29, 1.82) is 0 Å². The Morgan fingerprint density at radius 3 is 2.65 bits per heavy atom. The molecule has 0 fully saturated rings. The molecule has 2 amide bonds. The number of rotatable bonds is 1. The molecule has 2 rings (SSSR count). The first-order valence-corrected chi connectivity index (χ1v) is 4.58. The van der Waals surface area contributed by atoms with Crippen molar-refractivity contribution in [1.82, 2.24) is 10.9 Å². The van der Waals surface area contributed by atoms with Gasteiger partial charge in [-0.1, -0.05) is 0 Å². The summed E-state index contributed by atoms with van der Waals surface area (Å²) in [6.45, 7) is 0. The number of nitrogens with one attached hydrogen (secondary N) is 2. The highest BCUT2D eigenvalue weighted by Gasteiger charge is 2.31. The normalized spacial score (nSPS) is 16.4. The standard InChI is InChI=1S/C9H9N3O5/c10-4-1-2-5-6(3-4)17-8(16-5)7(13)11-12-9(14)15/h1-3,8,12H,10H2,(H,11,13)(H,14,15). The third-order valence-corrected chi connectivity index (χ3v) is 1.94. The SMILES string of the molecule is Nc1ccc2c(c1)OC(C(=O)NNC(=O)O)O2. The maximum Gasteiger partial charge on any atom is 0.423 e. The highest BCUT2D eigenvalue weighted by molar-refractivity contribution is 5.82. The Hall–Kier alpha value is -2.64. The number of fused-ring (bicyclic) bond motifs is 1. The molecular weight excluding hydrogens is 230 g/mol. The van der Waals surface area contributed by atoms with Crippen molar-refractivity contribution in [3.05, 3.63) is 18.2 Å². The summed E-state index contributed by atoms with van der Waals surface area (Å²) in [7, 11) is 0. The third-order valence-electron chi connectivity index (χ3n) is 1.94. The molecular formula is C9H9N3O5. The lowest BCUT2D eigenvalue weighted by molar-refractivity contribution is -0.137. The lowest BCUT2D eigenvalue weighted by Gasteiger charge is -2.09. The van der Waals surface area contributed by atoms with Gasteiger partial charge in [-0.2, -0.15) is 0 Å². The van der Waals surface area contributed by atoms with Crippen LogP contribution in [0.3, 0.4) is 0 Å². The molecule has 1 aliphatic heterocycles. The van der Waals surface area contributed by atoms with E-state index >= 15 is 0 Å². The average Bonchev–Trinajstić information content (AvgIpc) is 2.68. The minimum Gasteiger partial charge on any atom is -0.464 e. The van der Waals surface area contributed by atoms with Gasteiger partial charge in [0.1, 0.15) is 0 Å². The quantitative estimate of drug-likeness (QED) is 0.393. The van der Waals surface area contributed by atoms with Crippen LogP contribution in [-0.2, 0) is 4.79 Å². The zero-order valence-corrected chi connectivity index (χ0v) is 8.47. The number of carbonyl (C=O) groups is 2. The molecule has 0 saturated heterocycles. The van der Waals surface area contributed by atoms with E-state index < -0.39 is 18.3 Å². The predicted octanol–water partition coefficient (Wildman–Crippen LogP) is -0.335. The van der Waals surface area contributed by atoms with Crippen molar-refractivity contribution in [3.63, 3.8) is 0 Å². The van der Waals surface area contributed by atoms with E-state index in [4.69, 9.17) is 20.3 Å². The van der Waals surface area contributed by atoms with Crippen LogP contribution in [0, 0.1) is 0 Å². The topological polar surface area (TPSA) is 123 Å². The van der Waals surface area contributed by atoms with Gasteiger partial charge in [-0.05, 0) is 12.1 Å². The monoisotopic (exact) mass is 239 g/mol. The molecule has 1 unspecified atom stereocenters. The Morgan fingerprint density at radius 1 is 1.24 bits per heavy atom. The van der Waals surface area contributed by atoms with E-state index in [0.29, 0.717) is 17.2 Å².